The molecule has 0 saturated carbocycles. The van der Waals surface area contributed by atoms with E-state index in [0.717, 1.165) is 12.2 Å². The number of thioether (sulfide) groups is 1. The van der Waals surface area contributed by atoms with E-state index >= 15 is 0 Å². The number of nitrogens with two attached hydrogens (primary N) is 1. The van der Waals surface area contributed by atoms with Crippen LogP contribution in [0.25, 0.3) is 0 Å². The van der Waals surface area contributed by atoms with E-state index in [1.54, 1.807) is 0 Å². The van der Waals surface area contributed by atoms with Crippen LogP contribution in [0.2, 0.25) is 0 Å². The van der Waals surface area contributed by atoms with Gasteiger partial charge < -0.3 is 5.73 Å². The van der Waals surface area contributed by atoms with Crippen molar-refractivity contribution in [1.29, 1.82) is 0 Å². The monoisotopic (exact) mass is 147 g/mol. The molecule has 0 radical (unpaired) electrons. The van der Waals surface area contributed by atoms with Gasteiger partial charge in [-0.1, -0.05) is 13.8 Å². The topological polar surface area (TPSA) is 26.0 Å². The molecule has 0 aromatic rings. The Kier molecular flexibility index (Phi) is 6.65. The maximum absolute atomic E-state index is 5.69. The molecule has 0 aliphatic heterocycles. The Hall–Kier alpha value is 0.310. The maximum atomic E-state index is 5.69. The summed E-state index contributed by atoms with van der Waals surface area (Å²) < 4.78 is 0. The summed E-state index contributed by atoms with van der Waals surface area (Å²) in [4.78, 5) is 0. The van der Waals surface area contributed by atoms with Crippen LogP contribution in [-0.2, 0) is 0 Å². The Labute approximate surface area is 62.4 Å². The quantitative estimate of drug-likeness (QED) is 0.601. The van der Waals surface area contributed by atoms with E-state index < -0.39 is 0 Å². The molecular formula is C7H17NS. The van der Waals surface area contributed by atoms with Crippen molar-refractivity contribution >= 4 is 11.8 Å². The highest BCUT2D eigenvalue weighted by Crippen LogP contribution is 2.04. The van der Waals surface area contributed by atoms with Gasteiger partial charge in [-0.25, -0.2) is 0 Å². The fraction of sp³-hybridized carbons (Fsp3) is 1.00. The molecule has 0 unspecified atom stereocenters. The third-order valence-electron chi connectivity index (χ3n) is 1.20. The molecule has 0 aliphatic carbocycles. The molecule has 1 atom stereocenters. The number of hydrogen-bond acceptors (Lipinski definition) is 2. The predicted octanol–water partition coefficient (Wildman–Crippen LogP) is 1.87. The van der Waals surface area contributed by atoms with Crippen LogP contribution in [0.1, 0.15) is 26.7 Å². The van der Waals surface area contributed by atoms with Crippen molar-refractivity contribution in [2.75, 3.05) is 11.5 Å². The first-order chi connectivity index (χ1) is 4.31. The van der Waals surface area contributed by atoms with Crippen molar-refractivity contribution in [2.24, 2.45) is 5.73 Å². The molecule has 0 fully saturated rings. The highest BCUT2D eigenvalue weighted by Gasteiger charge is 1.96. The molecular weight excluding hydrogens is 130 g/mol. The summed E-state index contributed by atoms with van der Waals surface area (Å²) >= 11 is 1.96. The fourth-order valence-corrected chi connectivity index (χ4v) is 1.49. The fourth-order valence-electron chi connectivity index (χ4n) is 0.497. The molecule has 0 heterocycles. The van der Waals surface area contributed by atoms with Gasteiger partial charge >= 0.3 is 0 Å². The van der Waals surface area contributed by atoms with E-state index in [0.29, 0.717) is 6.04 Å². The average molecular weight is 147 g/mol. The Morgan fingerprint density at radius 3 is 2.56 bits per heavy atom. The first-order valence-electron chi connectivity index (χ1n) is 3.64. The zero-order valence-corrected chi connectivity index (χ0v) is 7.21. The molecule has 0 aliphatic rings. The van der Waals surface area contributed by atoms with Gasteiger partial charge in [-0.15, -0.1) is 0 Å². The lowest BCUT2D eigenvalue weighted by Crippen LogP contribution is -2.21. The Morgan fingerprint density at radius 2 is 2.11 bits per heavy atom. The third kappa shape index (κ3) is 6.19. The molecule has 0 spiro atoms. The van der Waals surface area contributed by atoms with Gasteiger partial charge in [-0.3, -0.25) is 0 Å². The molecule has 0 aromatic carbocycles. The van der Waals surface area contributed by atoms with Crippen LogP contribution in [0, 0.1) is 0 Å². The lowest BCUT2D eigenvalue weighted by Gasteiger charge is -2.05. The smallest absolute Gasteiger partial charge is 0.0127 e. The van der Waals surface area contributed by atoms with E-state index in [-0.39, 0.29) is 0 Å². The van der Waals surface area contributed by atoms with E-state index in [1.165, 1.54) is 12.2 Å². The third-order valence-corrected chi connectivity index (χ3v) is 2.57. The second-order valence-corrected chi connectivity index (χ2v) is 3.39. The van der Waals surface area contributed by atoms with Crippen molar-refractivity contribution in [3.8, 4) is 0 Å². The molecule has 0 aromatic heterocycles. The van der Waals surface area contributed by atoms with Gasteiger partial charge in [0.25, 0.3) is 0 Å². The first kappa shape index (κ1) is 9.31. The second-order valence-electron chi connectivity index (χ2n) is 2.24. The molecule has 2 heteroatoms. The Balaban J connectivity index is 2.88. The van der Waals surface area contributed by atoms with E-state index in [4.69, 9.17) is 5.73 Å². The van der Waals surface area contributed by atoms with Crippen molar-refractivity contribution in [1.82, 2.24) is 0 Å². The minimum atomic E-state index is 0.418. The first-order valence-corrected chi connectivity index (χ1v) is 4.80. The maximum Gasteiger partial charge on any atom is 0.0127 e. The van der Waals surface area contributed by atoms with E-state index in [2.05, 4.69) is 13.8 Å². The van der Waals surface area contributed by atoms with Crippen molar-refractivity contribution in [2.45, 2.75) is 32.7 Å². The van der Waals surface area contributed by atoms with Crippen LogP contribution in [0.4, 0.5) is 0 Å². The van der Waals surface area contributed by atoms with Crippen LogP contribution >= 0.6 is 11.8 Å². The minimum Gasteiger partial charge on any atom is -0.327 e. The number of rotatable bonds is 5. The molecule has 0 amide bonds. The molecule has 0 saturated heterocycles. The van der Waals surface area contributed by atoms with Gasteiger partial charge in [-0.2, -0.15) is 11.8 Å². The summed E-state index contributed by atoms with van der Waals surface area (Å²) in [6.07, 6.45) is 2.37. The molecule has 0 bridgehead atoms. The molecule has 9 heavy (non-hydrogen) atoms. The summed E-state index contributed by atoms with van der Waals surface area (Å²) in [7, 11) is 0. The zero-order valence-electron chi connectivity index (χ0n) is 6.39. The minimum absolute atomic E-state index is 0.418. The van der Waals surface area contributed by atoms with Gasteiger partial charge in [0.1, 0.15) is 0 Å². The van der Waals surface area contributed by atoms with Gasteiger partial charge in [0, 0.05) is 11.8 Å². The van der Waals surface area contributed by atoms with Gasteiger partial charge in [0.2, 0.25) is 0 Å². The average Bonchev–Trinajstić information content (AvgIpc) is 1.89. The van der Waals surface area contributed by atoms with Crippen LogP contribution in [0.5, 0.6) is 0 Å². The highest BCUT2D eigenvalue weighted by molar-refractivity contribution is 7.99. The van der Waals surface area contributed by atoms with E-state index in [1.807, 2.05) is 11.8 Å². The molecule has 56 valence electrons. The van der Waals surface area contributed by atoms with Crippen LogP contribution in [0.3, 0.4) is 0 Å². The Bertz CT molecular complexity index is 56.9. The highest BCUT2D eigenvalue weighted by atomic mass is 32.2. The lowest BCUT2D eigenvalue weighted by molar-refractivity contribution is 0.724. The van der Waals surface area contributed by atoms with Gasteiger partial charge in [0.05, 0.1) is 0 Å². The van der Waals surface area contributed by atoms with Crippen LogP contribution in [0.15, 0.2) is 0 Å². The summed E-state index contributed by atoms with van der Waals surface area (Å²) in [6.45, 7) is 4.33. The summed E-state index contributed by atoms with van der Waals surface area (Å²) in [5.74, 6) is 2.39. The SMILES string of the molecule is CCCSC[C@@H](N)CC. The summed E-state index contributed by atoms with van der Waals surface area (Å²) in [5, 5.41) is 0. The largest absolute Gasteiger partial charge is 0.327 e. The Morgan fingerprint density at radius 1 is 1.44 bits per heavy atom. The number of hydrogen-bond donors (Lipinski definition) is 1. The van der Waals surface area contributed by atoms with Gasteiger partial charge in [0.15, 0.2) is 0 Å². The lowest BCUT2D eigenvalue weighted by atomic mass is 10.3. The van der Waals surface area contributed by atoms with Crippen molar-refractivity contribution in [3.05, 3.63) is 0 Å². The molecule has 2 N–H and O–H groups in total. The normalized spacial score (nSPS) is 13.7. The zero-order chi connectivity index (χ0) is 7.11. The van der Waals surface area contributed by atoms with Crippen molar-refractivity contribution in [3.63, 3.8) is 0 Å². The van der Waals surface area contributed by atoms with Crippen LogP contribution < -0.4 is 5.73 Å². The van der Waals surface area contributed by atoms with E-state index in [9.17, 15) is 0 Å². The van der Waals surface area contributed by atoms with Crippen LogP contribution in [-0.4, -0.2) is 17.5 Å². The molecule has 0 rings (SSSR count). The standard InChI is InChI=1S/C7H17NS/c1-3-5-9-6-7(8)4-2/h7H,3-6,8H2,1-2H3/t7-/m0/s1. The van der Waals surface area contributed by atoms with Crippen molar-refractivity contribution < 1.29 is 0 Å². The van der Waals surface area contributed by atoms with Gasteiger partial charge in [-0.05, 0) is 18.6 Å². The second kappa shape index (κ2) is 6.43. The summed E-state index contributed by atoms with van der Waals surface area (Å²) in [5.41, 5.74) is 5.69. The molecule has 1 nitrogen and oxygen atoms in total. The predicted molar refractivity (Wildman–Crippen MR) is 45.9 cm³/mol. The summed E-state index contributed by atoms with van der Waals surface area (Å²) in [6, 6.07) is 0.418.